The summed E-state index contributed by atoms with van der Waals surface area (Å²) in [6.45, 7) is 3.68. The number of aryl methyl sites for hydroxylation is 1. The summed E-state index contributed by atoms with van der Waals surface area (Å²) in [6.07, 6.45) is 3.65. The van der Waals surface area contributed by atoms with Crippen LogP contribution in [0, 0.1) is 5.82 Å². The Balaban J connectivity index is 1.56. The fraction of sp³-hybridized carbons (Fsp3) is 0.250. The van der Waals surface area contributed by atoms with Crippen LogP contribution in [0.25, 0.3) is 11.1 Å². The largest absolute Gasteiger partial charge is 0.288 e. The molecular formula is C20H20FN3. The zero-order valence-electron chi connectivity index (χ0n) is 13.9. The third-order valence-corrected chi connectivity index (χ3v) is 4.89. The van der Waals surface area contributed by atoms with E-state index in [4.69, 9.17) is 0 Å². The van der Waals surface area contributed by atoms with E-state index in [0.717, 1.165) is 23.2 Å². The predicted molar refractivity (Wildman–Crippen MR) is 92.7 cm³/mol. The average Bonchev–Trinajstić information content (AvgIpc) is 3.14. The normalized spacial score (nSPS) is 17.2. The van der Waals surface area contributed by atoms with E-state index in [-0.39, 0.29) is 5.82 Å². The Morgan fingerprint density at radius 1 is 1.17 bits per heavy atom. The Kier molecular flexibility index (Phi) is 3.69. The van der Waals surface area contributed by atoms with Crippen molar-refractivity contribution < 1.29 is 4.39 Å². The number of rotatable bonds is 3. The molecule has 2 aromatic carbocycles. The van der Waals surface area contributed by atoms with Crippen LogP contribution in [0.1, 0.15) is 29.7 Å². The molecule has 0 amide bonds. The van der Waals surface area contributed by atoms with Gasteiger partial charge in [0.2, 0.25) is 0 Å². The molecule has 0 saturated carbocycles. The Hall–Kier alpha value is -2.46. The maximum Gasteiger partial charge on any atom is 0.128 e. The first-order valence-electron chi connectivity index (χ1n) is 8.21. The molecule has 2 heterocycles. The van der Waals surface area contributed by atoms with Crippen LogP contribution in [0.3, 0.4) is 0 Å². The predicted octanol–water partition coefficient (Wildman–Crippen LogP) is 4.30. The molecule has 1 aliphatic rings. The highest BCUT2D eigenvalue weighted by Gasteiger charge is 2.26. The van der Waals surface area contributed by atoms with Gasteiger partial charge in [-0.25, -0.2) is 4.39 Å². The Labute approximate surface area is 141 Å². The fourth-order valence-corrected chi connectivity index (χ4v) is 3.48. The lowest BCUT2D eigenvalue weighted by molar-refractivity contribution is 0.217. The summed E-state index contributed by atoms with van der Waals surface area (Å²) in [5, 5.41) is 4.15. The monoisotopic (exact) mass is 321 g/mol. The maximum atomic E-state index is 14.6. The molecule has 0 saturated heterocycles. The number of fused-ring (bicyclic) bond motifs is 1. The second-order valence-electron chi connectivity index (χ2n) is 6.49. The van der Waals surface area contributed by atoms with Gasteiger partial charge in [0.15, 0.2) is 0 Å². The van der Waals surface area contributed by atoms with Gasteiger partial charge in [-0.2, -0.15) is 5.10 Å². The molecule has 3 nitrogen and oxygen atoms in total. The molecule has 0 radical (unpaired) electrons. The first-order chi connectivity index (χ1) is 11.6. The minimum atomic E-state index is -0.153. The van der Waals surface area contributed by atoms with Crippen LogP contribution in [-0.2, 0) is 20.1 Å². The minimum absolute atomic E-state index is 0.153. The van der Waals surface area contributed by atoms with Crippen molar-refractivity contribution >= 4 is 0 Å². The van der Waals surface area contributed by atoms with Gasteiger partial charge in [0, 0.05) is 43.5 Å². The van der Waals surface area contributed by atoms with Crippen molar-refractivity contribution in [3.8, 4) is 11.1 Å². The van der Waals surface area contributed by atoms with Crippen LogP contribution < -0.4 is 0 Å². The van der Waals surface area contributed by atoms with Crippen molar-refractivity contribution in [1.82, 2.24) is 14.7 Å². The molecule has 24 heavy (non-hydrogen) atoms. The number of hydrogen-bond acceptors (Lipinski definition) is 2. The van der Waals surface area contributed by atoms with E-state index >= 15 is 0 Å². The highest BCUT2D eigenvalue weighted by molar-refractivity contribution is 5.62. The fourth-order valence-electron chi connectivity index (χ4n) is 3.48. The Morgan fingerprint density at radius 3 is 2.71 bits per heavy atom. The smallest absolute Gasteiger partial charge is 0.128 e. The summed E-state index contributed by atoms with van der Waals surface area (Å²) < 4.78 is 16.3. The van der Waals surface area contributed by atoms with Crippen LogP contribution in [0.5, 0.6) is 0 Å². The standard InChI is InChI=1S/C20H20FN3/c1-14-19-6-4-3-5-16(19)12-24(14)13-17-8-7-15(9-20(17)21)18-10-22-23(2)11-18/h3-11,14H,12-13H2,1-2H3. The molecule has 0 bridgehead atoms. The molecule has 0 N–H and O–H groups in total. The lowest BCUT2D eigenvalue weighted by atomic mass is 10.1. The third kappa shape index (κ3) is 2.63. The summed E-state index contributed by atoms with van der Waals surface area (Å²) in [5.41, 5.74) is 5.23. The van der Waals surface area contributed by atoms with Crippen molar-refractivity contribution in [3.63, 3.8) is 0 Å². The number of benzene rings is 2. The van der Waals surface area contributed by atoms with E-state index in [9.17, 15) is 4.39 Å². The van der Waals surface area contributed by atoms with E-state index in [1.807, 2.05) is 25.4 Å². The zero-order valence-corrected chi connectivity index (χ0v) is 13.9. The molecule has 4 rings (SSSR count). The second-order valence-corrected chi connectivity index (χ2v) is 6.49. The van der Waals surface area contributed by atoms with E-state index in [2.05, 4.69) is 41.2 Å². The van der Waals surface area contributed by atoms with Crippen LogP contribution in [0.4, 0.5) is 4.39 Å². The lowest BCUT2D eigenvalue weighted by Crippen LogP contribution is -2.20. The molecule has 0 fully saturated rings. The molecule has 122 valence electrons. The van der Waals surface area contributed by atoms with Gasteiger partial charge >= 0.3 is 0 Å². The molecule has 4 heteroatoms. The zero-order chi connectivity index (χ0) is 16.7. The number of hydrogen-bond donors (Lipinski definition) is 0. The maximum absolute atomic E-state index is 14.6. The summed E-state index contributed by atoms with van der Waals surface area (Å²) in [4.78, 5) is 2.31. The van der Waals surface area contributed by atoms with Crippen molar-refractivity contribution in [3.05, 3.63) is 77.4 Å². The average molecular weight is 321 g/mol. The van der Waals surface area contributed by atoms with Crippen molar-refractivity contribution in [2.24, 2.45) is 7.05 Å². The molecule has 1 unspecified atom stereocenters. The van der Waals surface area contributed by atoms with Gasteiger partial charge in [-0.3, -0.25) is 9.58 Å². The van der Waals surface area contributed by atoms with Crippen molar-refractivity contribution in [2.45, 2.75) is 26.1 Å². The molecule has 1 atom stereocenters. The number of nitrogens with zero attached hydrogens (tertiary/aromatic N) is 3. The molecule has 0 aliphatic carbocycles. The molecular weight excluding hydrogens is 301 g/mol. The van der Waals surface area contributed by atoms with Gasteiger partial charge in [-0.15, -0.1) is 0 Å². The highest BCUT2D eigenvalue weighted by atomic mass is 19.1. The summed E-state index contributed by atoms with van der Waals surface area (Å²) in [7, 11) is 1.86. The lowest BCUT2D eigenvalue weighted by Gasteiger charge is -2.22. The first kappa shape index (κ1) is 15.1. The van der Waals surface area contributed by atoms with E-state index in [1.54, 1.807) is 16.9 Å². The first-order valence-corrected chi connectivity index (χ1v) is 8.21. The van der Waals surface area contributed by atoms with Gasteiger partial charge < -0.3 is 0 Å². The SMILES string of the molecule is CC1c2ccccc2CN1Cc1ccc(-c2cnn(C)c2)cc1F. The molecule has 1 aliphatic heterocycles. The Morgan fingerprint density at radius 2 is 2.00 bits per heavy atom. The number of halogens is 1. The van der Waals surface area contributed by atoms with Crippen molar-refractivity contribution in [1.29, 1.82) is 0 Å². The summed E-state index contributed by atoms with van der Waals surface area (Å²) in [6, 6.07) is 14.3. The Bertz CT molecular complexity index is 884. The molecule has 3 aromatic rings. The van der Waals surface area contributed by atoms with Crippen LogP contribution in [0.15, 0.2) is 54.9 Å². The summed E-state index contributed by atoms with van der Waals surface area (Å²) in [5.74, 6) is -0.153. The van der Waals surface area contributed by atoms with E-state index in [0.29, 0.717) is 12.6 Å². The van der Waals surface area contributed by atoms with Crippen LogP contribution >= 0.6 is 0 Å². The van der Waals surface area contributed by atoms with Gasteiger partial charge in [-0.05, 0) is 29.7 Å². The second kappa shape index (κ2) is 5.87. The van der Waals surface area contributed by atoms with E-state index in [1.165, 1.54) is 11.1 Å². The van der Waals surface area contributed by atoms with Crippen LogP contribution in [-0.4, -0.2) is 14.7 Å². The van der Waals surface area contributed by atoms with Gasteiger partial charge in [-0.1, -0.05) is 36.4 Å². The highest BCUT2D eigenvalue weighted by Crippen LogP contribution is 2.34. The molecule has 0 spiro atoms. The quantitative estimate of drug-likeness (QED) is 0.717. The summed E-state index contributed by atoms with van der Waals surface area (Å²) >= 11 is 0. The van der Waals surface area contributed by atoms with E-state index < -0.39 is 0 Å². The van der Waals surface area contributed by atoms with Crippen molar-refractivity contribution in [2.75, 3.05) is 0 Å². The van der Waals surface area contributed by atoms with Gasteiger partial charge in [0.25, 0.3) is 0 Å². The van der Waals surface area contributed by atoms with Gasteiger partial charge in [0.05, 0.1) is 6.20 Å². The van der Waals surface area contributed by atoms with Crippen LogP contribution in [0.2, 0.25) is 0 Å². The van der Waals surface area contributed by atoms with Gasteiger partial charge in [0.1, 0.15) is 5.82 Å². The third-order valence-electron chi connectivity index (χ3n) is 4.89. The minimum Gasteiger partial charge on any atom is -0.288 e. The topological polar surface area (TPSA) is 21.1 Å². The molecule has 1 aromatic heterocycles. The number of aromatic nitrogens is 2.